The van der Waals surface area contributed by atoms with Crippen LogP contribution in [-0.4, -0.2) is 22.0 Å². The largest absolute Gasteiger partial charge is 0.493 e. The van der Waals surface area contributed by atoms with E-state index in [0.717, 1.165) is 87.5 Å². The molecule has 0 amide bonds. The van der Waals surface area contributed by atoms with E-state index in [-0.39, 0.29) is 0 Å². The van der Waals surface area contributed by atoms with Gasteiger partial charge < -0.3 is 9.47 Å². The molecule has 0 aliphatic rings. The van der Waals surface area contributed by atoms with Crippen molar-refractivity contribution in [2.24, 2.45) is 0 Å². The predicted molar refractivity (Wildman–Crippen MR) is 210 cm³/mol. The van der Waals surface area contributed by atoms with E-state index in [1.807, 2.05) is 0 Å². The molecular weight excluding hydrogens is 780 g/mol. The molecule has 246 valence electrons. The molecule has 0 aliphatic carbocycles. The molecule has 0 saturated carbocycles. The Morgan fingerprint density at radius 2 is 1.33 bits per heavy atom. The first-order valence-corrected chi connectivity index (χ1v) is 21.3. The van der Waals surface area contributed by atoms with Crippen molar-refractivity contribution in [1.82, 2.24) is 8.75 Å². The molecular formula is C36H42Br2N2O2S4. The summed E-state index contributed by atoms with van der Waals surface area (Å²) < 4.78 is 24.3. The Morgan fingerprint density at radius 1 is 0.696 bits per heavy atom. The Labute approximate surface area is 306 Å². The number of ether oxygens (including phenoxy) is 2. The van der Waals surface area contributed by atoms with Gasteiger partial charge in [-0.25, -0.2) is 0 Å². The third kappa shape index (κ3) is 9.98. The van der Waals surface area contributed by atoms with Crippen molar-refractivity contribution in [1.29, 1.82) is 0 Å². The van der Waals surface area contributed by atoms with E-state index in [1.54, 1.807) is 34.0 Å². The summed E-state index contributed by atoms with van der Waals surface area (Å²) in [5, 5.41) is 2.11. The zero-order valence-corrected chi connectivity index (χ0v) is 33.1. The van der Waals surface area contributed by atoms with Crippen LogP contribution in [0.5, 0.6) is 11.5 Å². The van der Waals surface area contributed by atoms with Crippen molar-refractivity contribution in [2.75, 3.05) is 13.2 Å². The van der Waals surface area contributed by atoms with Crippen molar-refractivity contribution in [3.63, 3.8) is 0 Å². The third-order valence-corrected chi connectivity index (χ3v) is 12.8. The van der Waals surface area contributed by atoms with E-state index >= 15 is 0 Å². The van der Waals surface area contributed by atoms with Crippen molar-refractivity contribution in [3.8, 4) is 32.4 Å². The maximum atomic E-state index is 6.42. The van der Waals surface area contributed by atoms with Gasteiger partial charge in [0.25, 0.3) is 0 Å². The maximum absolute atomic E-state index is 6.42. The molecule has 5 aromatic rings. The average molecular weight is 823 g/mol. The number of unbranched alkanes of at least 4 members (excludes halogenated alkanes) is 10. The van der Waals surface area contributed by atoms with Crippen LogP contribution in [0.15, 0.2) is 43.3 Å². The van der Waals surface area contributed by atoms with Gasteiger partial charge in [-0.3, -0.25) is 0 Å². The van der Waals surface area contributed by atoms with Gasteiger partial charge in [-0.1, -0.05) is 96.3 Å². The normalized spacial score (nSPS) is 11.7. The standard InChI is InChI=1S/C36H42Br2N2O2S4/c1-3-5-7-9-11-13-19-41-26-22-31(43-24-26)27-16-17-28(35-34(27)39-46-40-35)32-23-29(42-20-14-12-10-8-6-4-2)30(44-32)18-15-25-21-33(37)45-36(25)38/h15-18,21-24H,3-14,19-20H2,1-2H3/b18-15+. The van der Waals surface area contributed by atoms with E-state index in [1.165, 1.54) is 75.9 Å². The van der Waals surface area contributed by atoms with E-state index in [4.69, 9.17) is 18.2 Å². The van der Waals surface area contributed by atoms with Crippen molar-refractivity contribution < 1.29 is 9.47 Å². The Bertz CT molecular complexity index is 1690. The van der Waals surface area contributed by atoms with Crippen LogP contribution in [-0.2, 0) is 0 Å². The summed E-state index contributed by atoms with van der Waals surface area (Å²) in [4.78, 5) is 3.41. The summed E-state index contributed by atoms with van der Waals surface area (Å²) in [6, 6.07) is 10.9. The van der Waals surface area contributed by atoms with Crippen LogP contribution in [0.2, 0.25) is 0 Å². The van der Waals surface area contributed by atoms with E-state index in [2.05, 4.69) is 93.6 Å². The highest BCUT2D eigenvalue weighted by molar-refractivity contribution is 9.12. The summed E-state index contributed by atoms with van der Waals surface area (Å²) in [7, 11) is 0. The molecule has 1 aromatic carbocycles. The molecule has 4 nitrogen and oxygen atoms in total. The minimum Gasteiger partial charge on any atom is -0.493 e. The minimum atomic E-state index is 0.727. The molecule has 0 radical (unpaired) electrons. The summed E-state index contributed by atoms with van der Waals surface area (Å²) in [6.45, 7) is 6.01. The molecule has 0 bridgehead atoms. The van der Waals surface area contributed by atoms with Crippen molar-refractivity contribution in [2.45, 2.75) is 90.9 Å². The minimum absolute atomic E-state index is 0.727. The van der Waals surface area contributed by atoms with Crippen LogP contribution in [0.4, 0.5) is 0 Å². The molecule has 0 N–H and O–H groups in total. The molecule has 5 rings (SSSR count). The first-order chi connectivity index (χ1) is 22.6. The highest BCUT2D eigenvalue weighted by atomic mass is 79.9. The van der Waals surface area contributed by atoms with Gasteiger partial charge >= 0.3 is 0 Å². The van der Waals surface area contributed by atoms with Crippen LogP contribution >= 0.6 is 77.6 Å². The molecule has 0 saturated heterocycles. The first-order valence-electron chi connectivity index (χ1n) is 16.4. The van der Waals surface area contributed by atoms with Gasteiger partial charge in [0.05, 0.1) is 37.4 Å². The number of benzene rings is 1. The molecule has 0 spiro atoms. The lowest BCUT2D eigenvalue weighted by molar-refractivity contribution is 0.305. The van der Waals surface area contributed by atoms with Crippen LogP contribution in [0, 0.1) is 0 Å². The number of aromatic nitrogens is 2. The lowest BCUT2D eigenvalue weighted by atomic mass is 10.1. The number of hydrogen-bond acceptors (Lipinski definition) is 8. The van der Waals surface area contributed by atoms with Crippen LogP contribution in [0.3, 0.4) is 0 Å². The van der Waals surface area contributed by atoms with Crippen LogP contribution in [0.25, 0.3) is 44.1 Å². The molecule has 4 heterocycles. The van der Waals surface area contributed by atoms with Gasteiger partial charge in [0, 0.05) is 31.8 Å². The second-order valence-electron chi connectivity index (χ2n) is 11.5. The fourth-order valence-electron chi connectivity index (χ4n) is 5.32. The second kappa shape index (κ2) is 18.8. The molecule has 0 unspecified atom stereocenters. The highest BCUT2D eigenvalue weighted by Crippen LogP contribution is 2.44. The van der Waals surface area contributed by atoms with Gasteiger partial charge in [-0.05, 0) is 69.0 Å². The first kappa shape index (κ1) is 35.7. The molecule has 10 heteroatoms. The van der Waals surface area contributed by atoms with E-state index in [0.29, 0.717) is 0 Å². The van der Waals surface area contributed by atoms with Gasteiger partial charge in [0.2, 0.25) is 0 Å². The van der Waals surface area contributed by atoms with Gasteiger partial charge in [-0.2, -0.15) is 8.75 Å². The van der Waals surface area contributed by atoms with E-state index in [9.17, 15) is 0 Å². The number of fused-ring (bicyclic) bond motifs is 1. The predicted octanol–water partition coefficient (Wildman–Crippen LogP) is 14.4. The number of halogens is 2. The summed E-state index contributed by atoms with van der Waals surface area (Å²) in [5.74, 6) is 1.88. The average Bonchev–Trinajstić information content (AvgIpc) is 3.86. The molecule has 46 heavy (non-hydrogen) atoms. The third-order valence-electron chi connectivity index (χ3n) is 7.87. The van der Waals surface area contributed by atoms with E-state index < -0.39 is 0 Å². The Kier molecular flexibility index (Phi) is 14.6. The number of hydrogen-bond donors (Lipinski definition) is 0. The molecule has 0 aliphatic heterocycles. The Hall–Kier alpha value is -1.56. The van der Waals surface area contributed by atoms with Gasteiger partial charge in [0.1, 0.15) is 22.5 Å². The maximum Gasteiger partial charge on any atom is 0.137 e. The molecule has 0 atom stereocenters. The fourth-order valence-corrected chi connectivity index (χ4v) is 10.5. The smallest absolute Gasteiger partial charge is 0.137 e. The molecule has 0 fully saturated rings. The lowest BCUT2D eigenvalue weighted by Gasteiger charge is -2.05. The van der Waals surface area contributed by atoms with Crippen LogP contribution in [0.1, 0.15) is 101 Å². The summed E-state index contributed by atoms with van der Waals surface area (Å²) in [5.41, 5.74) is 5.23. The monoisotopic (exact) mass is 820 g/mol. The van der Waals surface area contributed by atoms with Gasteiger partial charge in [0.15, 0.2) is 0 Å². The van der Waals surface area contributed by atoms with Crippen LogP contribution < -0.4 is 9.47 Å². The zero-order chi connectivity index (χ0) is 32.1. The molecule has 4 aromatic heterocycles. The Balaban J connectivity index is 1.32. The number of thiophene rings is 3. The summed E-state index contributed by atoms with van der Waals surface area (Å²) in [6.07, 6.45) is 19.4. The topological polar surface area (TPSA) is 44.2 Å². The lowest BCUT2D eigenvalue weighted by Crippen LogP contribution is -1.97. The fraction of sp³-hybridized carbons (Fsp3) is 0.444. The number of nitrogens with zero attached hydrogens (tertiary/aromatic N) is 2. The quantitative estimate of drug-likeness (QED) is 0.0734. The second-order valence-corrected chi connectivity index (χ2v) is 17.7. The Morgan fingerprint density at radius 3 is 1.98 bits per heavy atom. The SMILES string of the molecule is CCCCCCCCOc1csc(-c2ccc(-c3cc(OCCCCCCCC)c(/C=C/c4cc(Br)sc4Br)s3)c3nsnc23)c1. The van der Waals surface area contributed by atoms with Gasteiger partial charge in [-0.15, -0.1) is 34.0 Å². The zero-order valence-electron chi connectivity index (χ0n) is 26.6. The highest BCUT2D eigenvalue weighted by Gasteiger charge is 2.18. The number of rotatable bonds is 20. The van der Waals surface area contributed by atoms with Crippen molar-refractivity contribution in [3.05, 3.63) is 53.7 Å². The van der Waals surface area contributed by atoms with Crippen molar-refractivity contribution >= 4 is 101 Å². The summed E-state index contributed by atoms with van der Waals surface area (Å²) >= 11 is 13.7.